The fraction of sp³-hybridized carbons (Fsp3) is 0.105. The smallest absolute Gasteiger partial charge is 0.270 e. The highest BCUT2D eigenvalue weighted by Crippen LogP contribution is 2.27. The van der Waals surface area contributed by atoms with E-state index in [9.17, 15) is 14.9 Å². The zero-order valence-electron chi connectivity index (χ0n) is 14.6. The number of non-ortho nitro benzene ring substituents is 1. The fourth-order valence-electron chi connectivity index (χ4n) is 3.04. The third kappa shape index (κ3) is 2.86. The number of anilines is 1. The summed E-state index contributed by atoms with van der Waals surface area (Å²) in [6.07, 6.45) is 0. The number of pyridine rings is 1. The van der Waals surface area contributed by atoms with E-state index >= 15 is 0 Å². The van der Waals surface area contributed by atoms with E-state index in [1.807, 2.05) is 31.2 Å². The predicted octanol–water partition coefficient (Wildman–Crippen LogP) is 3.59. The number of nitro benzene ring substituents is 1. The number of para-hydroxylation sites is 1. The van der Waals surface area contributed by atoms with Crippen molar-refractivity contribution in [2.24, 2.45) is 7.05 Å². The van der Waals surface area contributed by atoms with E-state index in [0.29, 0.717) is 16.9 Å². The van der Waals surface area contributed by atoms with Gasteiger partial charge in [0.05, 0.1) is 15.8 Å². The van der Waals surface area contributed by atoms with Gasteiger partial charge < -0.3 is 5.32 Å². The highest BCUT2D eigenvalue weighted by molar-refractivity contribution is 6.09. The summed E-state index contributed by atoms with van der Waals surface area (Å²) < 4.78 is 1.60. The SMILES string of the molecule is Cc1cccc2cc3c(NC(=O)c4cccc([N+](=O)[O-])c4)nn(C)c3nc12. The molecule has 4 aromatic rings. The molecule has 2 heterocycles. The first-order chi connectivity index (χ1) is 12.9. The van der Waals surface area contributed by atoms with Crippen LogP contribution in [-0.2, 0) is 7.05 Å². The van der Waals surface area contributed by atoms with Crippen LogP contribution in [0.15, 0.2) is 48.5 Å². The van der Waals surface area contributed by atoms with Crippen molar-refractivity contribution in [1.29, 1.82) is 0 Å². The second-order valence-electron chi connectivity index (χ2n) is 6.24. The maximum Gasteiger partial charge on any atom is 0.270 e. The number of aryl methyl sites for hydroxylation is 2. The maximum absolute atomic E-state index is 12.6. The number of nitrogens with zero attached hydrogens (tertiary/aromatic N) is 4. The molecule has 0 spiro atoms. The van der Waals surface area contributed by atoms with Crippen molar-refractivity contribution in [3.05, 3.63) is 69.8 Å². The van der Waals surface area contributed by atoms with Gasteiger partial charge in [0, 0.05) is 30.1 Å². The Labute approximate surface area is 153 Å². The Morgan fingerprint density at radius 3 is 2.74 bits per heavy atom. The second kappa shape index (κ2) is 6.17. The molecule has 1 N–H and O–H groups in total. The Kier molecular flexibility index (Phi) is 3.80. The van der Waals surface area contributed by atoms with Crippen molar-refractivity contribution in [3.63, 3.8) is 0 Å². The minimum atomic E-state index is -0.536. The minimum Gasteiger partial charge on any atom is -0.304 e. The topological polar surface area (TPSA) is 103 Å². The van der Waals surface area contributed by atoms with Crippen LogP contribution in [0.4, 0.5) is 11.5 Å². The average Bonchev–Trinajstić information content (AvgIpc) is 2.95. The van der Waals surface area contributed by atoms with E-state index in [1.54, 1.807) is 11.7 Å². The first kappa shape index (κ1) is 16.6. The molecule has 27 heavy (non-hydrogen) atoms. The van der Waals surface area contributed by atoms with Crippen molar-refractivity contribution >= 4 is 39.3 Å². The Morgan fingerprint density at radius 2 is 1.96 bits per heavy atom. The molecule has 0 atom stereocenters. The van der Waals surface area contributed by atoms with Crippen LogP contribution < -0.4 is 5.32 Å². The first-order valence-corrected chi connectivity index (χ1v) is 8.23. The van der Waals surface area contributed by atoms with Crippen LogP contribution in [0.3, 0.4) is 0 Å². The number of aromatic nitrogens is 3. The van der Waals surface area contributed by atoms with Crippen molar-refractivity contribution in [2.75, 3.05) is 5.32 Å². The highest BCUT2D eigenvalue weighted by Gasteiger charge is 2.17. The number of carbonyl (C=O) groups is 1. The Hall–Kier alpha value is -3.81. The number of hydrogen-bond acceptors (Lipinski definition) is 5. The first-order valence-electron chi connectivity index (χ1n) is 8.23. The molecule has 0 aliphatic rings. The molecule has 0 saturated carbocycles. The molecule has 0 aliphatic heterocycles. The Balaban J connectivity index is 1.77. The van der Waals surface area contributed by atoms with Crippen molar-refractivity contribution in [2.45, 2.75) is 6.92 Å². The summed E-state index contributed by atoms with van der Waals surface area (Å²) in [4.78, 5) is 27.6. The van der Waals surface area contributed by atoms with E-state index in [1.165, 1.54) is 24.3 Å². The molecular weight excluding hydrogens is 346 g/mol. The second-order valence-corrected chi connectivity index (χ2v) is 6.24. The number of amides is 1. The Morgan fingerprint density at radius 1 is 1.19 bits per heavy atom. The van der Waals surface area contributed by atoms with Gasteiger partial charge >= 0.3 is 0 Å². The van der Waals surface area contributed by atoms with Gasteiger partial charge in [0.1, 0.15) is 0 Å². The van der Waals surface area contributed by atoms with E-state index in [-0.39, 0.29) is 11.3 Å². The predicted molar refractivity (Wildman–Crippen MR) is 102 cm³/mol. The lowest BCUT2D eigenvalue weighted by atomic mass is 10.1. The van der Waals surface area contributed by atoms with Gasteiger partial charge in [0.15, 0.2) is 11.5 Å². The molecule has 0 unspecified atom stereocenters. The van der Waals surface area contributed by atoms with Gasteiger partial charge in [-0.05, 0) is 24.6 Å². The molecule has 2 aromatic heterocycles. The number of nitrogens with one attached hydrogen (secondary N) is 1. The molecule has 0 radical (unpaired) electrons. The van der Waals surface area contributed by atoms with E-state index in [0.717, 1.165) is 16.5 Å². The lowest BCUT2D eigenvalue weighted by molar-refractivity contribution is -0.384. The number of carbonyl (C=O) groups excluding carboxylic acids is 1. The minimum absolute atomic E-state index is 0.142. The van der Waals surface area contributed by atoms with Gasteiger partial charge in [-0.2, -0.15) is 5.10 Å². The van der Waals surface area contributed by atoms with E-state index < -0.39 is 10.8 Å². The lowest BCUT2D eigenvalue weighted by Crippen LogP contribution is -2.13. The molecule has 2 aromatic carbocycles. The molecule has 0 fully saturated rings. The van der Waals surface area contributed by atoms with Gasteiger partial charge in [-0.1, -0.05) is 24.3 Å². The molecule has 0 bridgehead atoms. The molecule has 134 valence electrons. The maximum atomic E-state index is 12.6. The van der Waals surface area contributed by atoms with Crippen LogP contribution in [0, 0.1) is 17.0 Å². The molecule has 8 nitrogen and oxygen atoms in total. The van der Waals surface area contributed by atoms with Gasteiger partial charge in [0.25, 0.3) is 11.6 Å². The average molecular weight is 361 g/mol. The number of nitro groups is 1. The molecular formula is C19H15N5O3. The van der Waals surface area contributed by atoms with Crippen molar-refractivity contribution in [3.8, 4) is 0 Å². The molecule has 1 amide bonds. The van der Waals surface area contributed by atoms with Crippen LogP contribution in [-0.4, -0.2) is 25.6 Å². The van der Waals surface area contributed by atoms with Gasteiger partial charge in [-0.25, -0.2) is 9.67 Å². The van der Waals surface area contributed by atoms with E-state index in [2.05, 4.69) is 15.4 Å². The van der Waals surface area contributed by atoms with Crippen molar-refractivity contribution in [1.82, 2.24) is 14.8 Å². The zero-order valence-corrected chi connectivity index (χ0v) is 14.6. The summed E-state index contributed by atoms with van der Waals surface area (Å²) in [7, 11) is 1.75. The molecule has 0 aliphatic carbocycles. The zero-order chi connectivity index (χ0) is 19.1. The quantitative estimate of drug-likeness (QED) is 0.444. The summed E-state index contributed by atoms with van der Waals surface area (Å²) in [5.41, 5.74) is 2.62. The van der Waals surface area contributed by atoms with Crippen molar-refractivity contribution < 1.29 is 9.72 Å². The monoisotopic (exact) mass is 361 g/mol. The number of fused-ring (bicyclic) bond motifs is 2. The van der Waals surface area contributed by atoms with Crippen LogP contribution in [0.2, 0.25) is 0 Å². The summed E-state index contributed by atoms with van der Waals surface area (Å²) in [5.74, 6) is -0.108. The molecule has 4 rings (SSSR count). The molecule has 0 saturated heterocycles. The largest absolute Gasteiger partial charge is 0.304 e. The normalized spacial score (nSPS) is 11.0. The van der Waals surface area contributed by atoms with Crippen LogP contribution in [0.1, 0.15) is 15.9 Å². The highest BCUT2D eigenvalue weighted by atomic mass is 16.6. The van der Waals surface area contributed by atoms with Gasteiger partial charge in [-0.3, -0.25) is 14.9 Å². The molecule has 8 heteroatoms. The number of rotatable bonds is 3. The van der Waals surface area contributed by atoms with Gasteiger partial charge in [-0.15, -0.1) is 0 Å². The third-order valence-corrected chi connectivity index (χ3v) is 4.39. The van der Waals surface area contributed by atoms with Crippen LogP contribution in [0.25, 0.3) is 21.9 Å². The number of benzene rings is 2. The number of hydrogen-bond donors (Lipinski definition) is 1. The van der Waals surface area contributed by atoms with Crippen LogP contribution >= 0.6 is 0 Å². The summed E-state index contributed by atoms with van der Waals surface area (Å²) in [6.45, 7) is 1.99. The van der Waals surface area contributed by atoms with Crippen LogP contribution in [0.5, 0.6) is 0 Å². The lowest BCUT2D eigenvalue weighted by Gasteiger charge is -2.04. The fourth-order valence-corrected chi connectivity index (χ4v) is 3.04. The summed E-state index contributed by atoms with van der Waals surface area (Å²) in [6, 6.07) is 13.4. The van der Waals surface area contributed by atoms with E-state index in [4.69, 9.17) is 0 Å². The Bertz CT molecular complexity index is 1230. The third-order valence-electron chi connectivity index (χ3n) is 4.39. The standard InChI is InChI=1S/C19H15N5O3/c1-11-5-3-6-12-10-15-17(22-23(2)18(15)20-16(11)12)21-19(25)13-7-4-8-14(9-13)24(26)27/h3-10H,1-2H3,(H,21,22,25). The summed E-state index contributed by atoms with van der Waals surface area (Å²) >= 11 is 0. The summed E-state index contributed by atoms with van der Waals surface area (Å²) in [5, 5.41) is 19.7. The van der Waals surface area contributed by atoms with Gasteiger partial charge in [0.2, 0.25) is 0 Å².